The van der Waals surface area contributed by atoms with Crippen LogP contribution in [-0.2, 0) is 0 Å². The fourth-order valence-corrected chi connectivity index (χ4v) is 3.39. The Labute approximate surface area is 199 Å². The lowest BCUT2D eigenvalue weighted by Crippen LogP contribution is -2.04. The number of benzene rings is 3. The first-order valence-electron chi connectivity index (χ1n) is 11.4. The number of hydrogen-bond acceptors (Lipinski definition) is 5. The lowest BCUT2D eigenvalue weighted by Gasteiger charge is -2.08. The number of Topliss-reactive ketones (excluding diaryl/α,β-unsaturated/α-hetero) is 1. The van der Waals surface area contributed by atoms with Crippen LogP contribution in [0.5, 0.6) is 11.5 Å². The number of carbonyl (C=O) groups is 1. The predicted molar refractivity (Wildman–Crippen MR) is 135 cm³/mol. The smallest absolute Gasteiger partial charge is 0.231 e. The van der Waals surface area contributed by atoms with Gasteiger partial charge in [-0.3, -0.25) is 4.79 Å². The fraction of sp³-hybridized carbons (Fsp3) is 0.172. The molecule has 4 aromatic rings. The molecule has 4 rings (SSSR count). The first-order chi connectivity index (χ1) is 16.7. The zero-order valence-electron chi connectivity index (χ0n) is 19.2. The summed E-state index contributed by atoms with van der Waals surface area (Å²) < 4.78 is 17.2. The normalized spacial score (nSPS) is 11.4. The topological polar surface area (TPSA) is 61.6 Å². The number of ether oxygens (including phenoxy) is 2. The van der Waals surface area contributed by atoms with Gasteiger partial charge in [-0.1, -0.05) is 50.3 Å². The van der Waals surface area contributed by atoms with Gasteiger partial charge in [-0.05, 0) is 66.6 Å². The zero-order valence-corrected chi connectivity index (χ0v) is 19.2. The van der Waals surface area contributed by atoms with Crippen LogP contribution >= 0.6 is 0 Å². The Bertz CT molecular complexity index is 1250. The molecular formula is C29H27NO4. The standard InChI is InChI=1S/C29H27NO4/c1-3-5-19-33-24-16-12-22(13-17-24)28(31)25(29-30-26-8-6-7-9-27(26)34-29)20-21-10-14-23(15-11-21)32-18-4-2/h4,6-17,20H,2-3,5,18-19H2,1H3/b25-20+. The Morgan fingerprint density at radius 3 is 2.38 bits per heavy atom. The summed E-state index contributed by atoms with van der Waals surface area (Å²) in [6.45, 7) is 6.86. The average Bonchev–Trinajstić information content (AvgIpc) is 3.31. The first-order valence-corrected chi connectivity index (χ1v) is 11.4. The Hall–Kier alpha value is -4.12. The SMILES string of the molecule is C=CCOc1ccc(/C=C(\C(=O)c2ccc(OCCCC)cc2)c2nc3ccccc3o2)cc1. The van der Waals surface area contributed by atoms with Crippen molar-refractivity contribution in [3.63, 3.8) is 0 Å². The predicted octanol–water partition coefficient (Wildman–Crippen LogP) is 7.00. The minimum Gasteiger partial charge on any atom is -0.494 e. The van der Waals surface area contributed by atoms with Gasteiger partial charge in [0.15, 0.2) is 11.4 Å². The molecule has 1 heterocycles. The van der Waals surface area contributed by atoms with Gasteiger partial charge in [0.05, 0.1) is 12.2 Å². The number of allylic oxidation sites excluding steroid dienone is 1. The molecule has 0 saturated heterocycles. The molecule has 0 fully saturated rings. The van der Waals surface area contributed by atoms with Gasteiger partial charge in [0.1, 0.15) is 23.6 Å². The molecule has 0 aliphatic rings. The Morgan fingerprint density at radius 1 is 0.971 bits per heavy atom. The molecule has 5 heteroatoms. The van der Waals surface area contributed by atoms with Crippen molar-refractivity contribution < 1.29 is 18.7 Å². The molecule has 1 aromatic heterocycles. The van der Waals surface area contributed by atoms with Gasteiger partial charge in [0, 0.05) is 5.56 Å². The Balaban J connectivity index is 1.66. The van der Waals surface area contributed by atoms with Gasteiger partial charge < -0.3 is 13.9 Å². The van der Waals surface area contributed by atoms with E-state index < -0.39 is 0 Å². The molecular weight excluding hydrogens is 426 g/mol. The van der Waals surface area contributed by atoms with Crippen LogP contribution in [0.15, 0.2) is 89.9 Å². The summed E-state index contributed by atoms with van der Waals surface area (Å²) in [5, 5.41) is 0. The van der Waals surface area contributed by atoms with Crippen molar-refractivity contribution in [2.24, 2.45) is 0 Å². The van der Waals surface area contributed by atoms with Crippen LogP contribution < -0.4 is 9.47 Å². The van der Waals surface area contributed by atoms with Crippen LogP contribution in [0.4, 0.5) is 0 Å². The van der Waals surface area contributed by atoms with Crippen LogP contribution in [0.25, 0.3) is 22.7 Å². The van der Waals surface area contributed by atoms with Crippen LogP contribution in [0, 0.1) is 0 Å². The number of carbonyl (C=O) groups excluding carboxylic acids is 1. The lowest BCUT2D eigenvalue weighted by molar-refractivity contribution is 0.105. The number of rotatable bonds is 11. The van der Waals surface area contributed by atoms with E-state index in [0.717, 1.165) is 29.9 Å². The molecule has 0 N–H and O–H groups in total. The van der Waals surface area contributed by atoms with Crippen LogP contribution in [-0.4, -0.2) is 24.0 Å². The number of unbranched alkanes of at least 4 members (excludes halogenated alkanes) is 1. The van der Waals surface area contributed by atoms with E-state index in [2.05, 4.69) is 18.5 Å². The molecule has 5 nitrogen and oxygen atoms in total. The van der Waals surface area contributed by atoms with Crippen LogP contribution in [0.3, 0.4) is 0 Å². The van der Waals surface area contributed by atoms with E-state index in [0.29, 0.717) is 35.5 Å². The third-order valence-corrected chi connectivity index (χ3v) is 5.21. The molecule has 0 bridgehead atoms. The highest BCUT2D eigenvalue weighted by atomic mass is 16.5. The summed E-state index contributed by atoms with van der Waals surface area (Å²) in [5.41, 5.74) is 3.06. The van der Waals surface area contributed by atoms with Crippen molar-refractivity contribution in [3.8, 4) is 11.5 Å². The molecule has 0 aliphatic carbocycles. The quantitative estimate of drug-likeness (QED) is 0.106. The maximum Gasteiger partial charge on any atom is 0.231 e. The third-order valence-electron chi connectivity index (χ3n) is 5.21. The Morgan fingerprint density at radius 2 is 1.68 bits per heavy atom. The van der Waals surface area contributed by atoms with E-state index in [4.69, 9.17) is 13.9 Å². The van der Waals surface area contributed by atoms with Gasteiger partial charge in [0.2, 0.25) is 5.89 Å². The summed E-state index contributed by atoms with van der Waals surface area (Å²) in [4.78, 5) is 18.1. The zero-order chi connectivity index (χ0) is 23.8. The van der Waals surface area contributed by atoms with Gasteiger partial charge in [-0.15, -0.1) is 0 Å². The van der Waals surface area contributed by atoms with Gasteiger partial charge in [0.25, 0.3) is 0 Å². The number of oxazole rings is 1. The van der Waals surface area contributed by atoms with E-state index in [1.54, 1.807) is 24.3 Å². The fourth-order valence-electron chi connectivity index (χ4n) is 3.39. The largest absolute Gasteiger partial charge is 0.494 e. The molecule has 34 heavy (non-hydrogen) atoms. The minimum absolute atomic E-state index is 0.182. The highest BCUT2D eigenvalue weighted by Gasteiger charge is 2.20. The van der Waals surface area contributed by atoms with E-state index in [-0.39, 0.29) is 11.7 Å². The molecule has 0 aliphatic heterocycles. The van der Waals surface area contributed by atoms with Gasteiger partial charge in [-0.2, -0.15) is 0 Å². The van der Waals surface area contributed by atoms with Crippen molar-refractivity contribution in [2.75, 3.05) is 13.2 Å². The lowest BCUT2D eigenvalue weighted by atomic mass is 10.0. The molecule has 0 unspecified atom stereocenters. The maximum absolute atomic E-state index is 13.6. The average molecular weight is 454 g/mol. The second kappa shape index (κ2) is 11.1. The van der Waals surface area contributed by atoms with Crippen molar-refractivity contribution in [1.82, 2.24) is 4.98 Å². The summed E-state index contributed by atoms with van der Waals surface area (Å²) in [6, 6.07) is 22.1. The second-order valence-corrected chi connectivity index (χ2v) is 7.77. The molecule has 0 spiro atoms. The number of nitrogens with zero attached hydrogens (tertiary/aromatic N) is 1. The van der Waals surface area contributed by atoms with Crippen molar-refractivity contribution in [3.05, 3.63) is 102 Å². The number of fused-ring (bicyclic) bond motifs is 1. The molecule has 172 valence electrons. The van der Waals surface area contributed by atoms with Gasteiger partial charge in [-0.25, -0.2) is 4.98 Å². The van der Waals surface area contributed by atoms with E-state index >= 15 is 0 Å². The monoisotopic (exact) mass is 453 g/mol. The molecule has 3 aromatic carbocycles. The summed E-state index contributed by atoms with van der Waals surface area (Å²) >= 11 is 0. The van der Waals surface area contributed by atoms with Crippen LogP contribution in [0.1, 0.15) is 41.6 Å². The third kappa shape index (κ3) is 5.62. The van der Waals surface area contributed by atoms with Crippen LogP contribution in [0.2, 0.25) is 0 Å². The van der Waals surface area contributed by atoms with Gasteiger partial charge >= 0.3 is 0 Å². The summed E-state index contributed by atoms with van der Waals surface area (Å²) in [6.07, 6.45) is 5.53. The Kier molecular flexibility index (Phi) is 7.56. The second-order valence-electron chi connectivity index (χ2n) is 7.77. The summed E-state index contributed by atoms with van der Waals surface area (Å²) in [7, 11) is 0. The van der Waals surface area contributed by atoms with Crippen molar-refractivity contribution in [1.29, 1.82) is 0 Å². The number of hydrogen-bond donors (Lipinski definition) is 0. The number of aromatic nitrogens is 1. The molecule has 0 saturated carbocycles. The minimum atomic E-state index is -0.182. The molecule has 0 atom stereocenters. The van der Waals surface area contributed by atoms with Crippen molar-refractivity contribution >= 4 is 28.5 Å². The number of para-hydroxylation sites is 2. The van der Waals surface area contributed by atoms with E-state index in [1.165, 1.54) is 0 Å². The highest BCUT2D eigenvalue weighted by Crippen LogP contribution is 2.27. The number of ketones is 1. The van der Waals surface area contributed by atoms with E-state index in [9.17, 15) is 4.79 Å². The first kappa shape index (κ1) is 23.1. The molecule has 0 amide bonds. The summed E-state index contributed by atoms with van der Waals surface area (Å²) in [5.74, 6) is 1.57. The molecule has 0 radical (unpaired) electrons. The van der Waals surface area contributed by atoms with E-state index in [1.807, 2.05) is 60.7 Å². The maximum atomic E-state index is 13.6. The van der Waals surface area contributed by atoms with Crippen molar-refractivity contribution in [2.45, 2.75) is 19.8 Å². The highest BCUT2D eigenvalue weighted by molar-refractivity contribution is 6.31.